The van der Waals surface area contributed by atoms with Gasteiger partial charge in [0.05, 0.1) is 13.2 Å². The van der Waals surface area contributed by atoms with Crippen molar-refractivity contribution in [2.45, 2.75) is 25.8 Å². The van der Waals surface area contributed by atoms with Crippen LogP contribution < -0.4 is 5.32 Å². The van der Waals surface area contributed by atoms with E-state index in [0.29, 0.717) is 12.0 Å². The van der Waals surface area contributed by atoms with Crippen molar-refractivity contribution in [2.24, 2.45) is 5.92 Å². The van der Waals surface area contributed by atoms with Gasteiger partial charge in [0, 0.05) is 32.8 Å². The van der Waals surface area contributed by atoms with Crippen LogP contribution in [0.1, 0.15) is 19.8 Å². The zero-order valence-corrected chi connectivity index (χ0v) is 11.6. The summed E-state index contributed by atoms with van der Waals surface area (Å²) in [4.78, 5) is 2.39. The van der Waals surface area contributed by atoms with E-state index in [-0.39, 0.29) is 0 Å². The molecule has 0 aromatic carbocycles. The molecule has 1 heterocycles. The molecule has 102 valence electrons. The van der Waals surface area contributed by atoms with Gasteiger partial charge in [0.15, 0.2) is 0 Å². The monoisotopic (exact) mass is 244 g/mol. The van der Waals surface area contributed by atoms with Gasteiger partial charge in [0.25, 0.3) is 0 Å². The highest BCUT2D eigenvalue weighted by Crippen LogP contribution is 2.14. The Bertz CT molecular complexity index is 178. The van der Waals surface area contributed by atoms with Crippen molar-refractivity contribution in [2.75, 3.05) is 53.6 Å². The highest BCUT2D eigenvalue weighted by atomic mass is 16.5. The molecule has 0 aliphatic carbocycles. The molecule has 0 saturated carbocycles. The van der Waals surface area contributed by atoms with Crippen LogP contribution in [0.3, 0.4) is 0 Å². The second kappa shape index (κ2) is 8.86. The first-order valence-electron chi connectivity index (χ1n) is 6.74. The van der Waals surface area contributed by atoms with Crippen molar-refractivity contribution in [3.63, 3.8) is 0 Å². The molecule has 1 N–H and O–H groups in total. The largest absolute Gasteiger partial charge is 0.383 e. The molecular weight excluding hydrogens is 216 g/mol. The quantitative estimate of drug-likeness (QED) is 0.690. The third kappa shape index (κ3) is 6.36. The first kappa shape index (κ1) is 14.9. The molecule has 2 unspecified atom stereocenters. The van der Waals surface area contributed by atoms with Gasteiger partial charge in [-0.3, -0.25) is 0 Å². The van der Waals surface area contributed by atoms with Crippen LogP contribution in [-0.4, -0.2) is 64.6 Å². The second-order valence-electron chi connectivity index (χ2n) is 5.01. The van der Waals surface area contributed by atoms with Crippen LogP contribution in [0.15, 0.2) is 0 Å². The normalized spacial score (nSPS) is 22.9. The Morgan fingerprint density at radius 3 is 2.94 bits per heavy atom. The van der Waals surface area contributed by atoms with E-state index < -0.39 is 0 Å². The van der Waals surface area contributed by atoms with Crippen molar-refractivity contribution in [3.05, 3.63) is 0 Å². The van der Waals surface area contributed by atoms with Crippen molar-refractivity contribution in [1.82, 2.24) is 10.2 Å². The van der Waals surface area contributed by atoms with E-state index in [1.54, 1.807) is 7.11 Å². The number of nitrogens with one attached hydrogen (secondary N) is 1. The average Bonchev–Trinajstić information content (AvgIpc) is 2.30. The van der Waals surface area contributed by atoms with E-state index in [9.17, 15) is 0 Å². The highest BCUT2D eigenvalue weighted by molar-refractivity contribution is 4.73. The smallest absolute Gasteiger partial charge is 0.0628 e. The van der Waals surface area contributed by atoms with Crippen molar-refractivity contribution in [3.8, 4) is 0 Å². The lowest BCUT2D eigenvalue weighted by molar-refractivity contribution is 0.0392. The molecule has 0 amide bonds. The Hall–Kier alpha value is -0.160. The fraction of sp³-hybridized carbons (Fsp3) is 1.00. The molecule has 2 atom stereocenters. The van der Waals surface area contributed by atoms with E-state index in [0.717, 1.165) is 39.5 Å². The summed E-state index contributed by atoms with van der Waals surface area (Å²) in [6, 6.07) is 0.430. The van der Waals surface area contributed by atoms with Crippen LogP contribution >= 0.6 is 0 Å². The molecular formula is C13H28N2O2. The number of hydrogen-bond donors (Lipinski definition) is 1. The van der Waals surface area contributed by atoms with E-state index in [2.05, 4.69) is 24.2 Å². The molecule has 1 fully saturated rings. The molecule has 0 radical (unpaired) electrons. The van der Waals surface area contributed by atoms with Gasteiger partial charge in [-0.1, -0.05) is 6.92 Å². The van der Waals surface area contributed by atoms with E-state index >= 15 is 0 Å². The fourth-order valence-corrected chi connectivity index (χ4v) is 2.51. The maximum absolute atomic E-state index is 5.52. The summed E-state index contributed by atoms with van der Waals surface area (Å²) >= 11 is 0. The molecule has 1 rings (SSSR count). The van der Waals surface area contributed by atoms with Crippen LogP contribution in [0.2, 0.25) is 0 Å². The maximum atomic E-state index is 5.52. The second-order valence-corrected chi connectivity index (χ2v) is 5.01. The SMILES string of the molecule is CCNC(COC)CN(C)CC1CCCOC1. The number of ether oxygens (including phenoxy) is 2. The van der Waals surface area contributed by atoms with E-state index in [4.69, 9.17) is 9.47 Å². The highest BCUT2D eigenvalue weighted by Gasteiger charge is 2.17. The van der Waals surface area contributed by atoms with Gasteiger partial charge in [-0.05, 0) is 32.4 Å². The summed E-state index contributed by atoms with van der Waals surface area (Å²) in [6.45, 7) is 7.96. The minimum Gasteiger partial charge on any atom is -0.383 e. The summed E-state index contributed by atoms with van der Waals surface area (Å²) in [7, 11) is 3.95. The van der Waals surface area contributed by atoms with E-state index in [1.165, 1.54) is 12.8 Å². The average molecular weight is 244 g/mol. The lowest BCUT2D eigenvalue weighted by atomic mass is 10.0. The van der Waals surface area contributed by atoms with Gasteiger partial charge in [-0.15, -0.1) is 0 Å². The van der Waals surface area contributed by atoms with Crippen LogP contribution in [0, 0.1) is 5.92 Å². The van der Waals surface area contributed by atoms with Crippen molar-refractivity contribution < 1.29 is 9.47 Å². The van der Waals surface area contributed by atoms with Crippen LogP contribution in [0.25, 0.3) is 0 Å². The number of hydrogen-bond acceptors (Lipinski definition) is 4. The van der Waals surface area contributed by atoms with Gasteiger partial charge >= 0.3 is 0 Å². The summed E-state index contributed by atoms with van der Waals surface area (Å²) in [5, 5.41) is 3.45. The third-order valence-electron chi connectivity index (χ3n) is 3.22. The molecule has 0 aromatic heterocycles. The number of rotatable bonds is 8. The Balaban J connectivity index is 2.22. The molecule has 0 bridgehead atoms. The van der Waals surface area contributed by atoms with Gasteiger partial charge in [0.2, 0.25) is 0 Å². The minimum absolute atomic E-state index is 0.430. The zero-order chi connectivity index (χ0) is 12.5. The standard InChI is InChI=1S/C13H28N2O2/c1-4-14-13(11-16-3)9-15(2)8-12-6-5-7-17-10-12/h12-14H,4-11H2,1-3H3. The predicted molar refractivity (Wildman–Crippen MR) is 70.4 cm³/mol. The summed E-state index contributed by atoms with van der Waals surface area (Å²) in [5.74, 6) is 0.707. The Kier molecular flexibility index (Phi) is 7.77. The summed E-state index contributed by atoms with van der Waals surface area (Å²) in [5.41, 5.74) is 0. The number of nitrogens with zero attached hydrogens (tertiary/aromatic N) is 1. The molecule has 1 aliphatic heterocycles. The maximum Gasteiger partial charge on any atom is 0.0628 e. The molecule has 4 nitrogen and oxygen atoms in total. The van der Waals surface area contributed by atoms with Crippen molar-refractivity contribution >= 4 is 0 Å². The Labute approximate surface area is 106 Å². The molecule has 0 spiro atoms. The van der Waals surface area contributed by atoms with Gasteiger partial charge in [0.1, 0.15) is 0 Å². The van der Waals surface area contributed by atoms with E-state index in [1.807, 2.05) is 0 Å². The lowest BCUT2D eigenvalue weighted by Crippen LogP contribution is -2.44. The third-order valence-corrected chi connectivity index (χ3v) is 3.22. The first-order chi connectivity index (χ1) is 8.26. The Morgan fingerprint density at radius 2 is 2.35 bits per heavy atom. The molecule has 17 heavy (non-hydrogen) atoms. The van der Waals surface area contributed by atoms with Gasteiger partial charge in [-0.25, -0.2) is 0 Å². The van der Waals surface area contributed by atoms with Crippen LogP contribution in [0.5, 0.6) is 0 Å². The Morgan fingerprint density at radius 1 is 1.53 bits per heavy atom. The molecule has 1 aliphatic rings. The summed E-state index contributed by atoms with van der Waals surface area (Å²) in [6.07, 6.45) is 2.52. The minimum atomic E-state index is 0.430. The zero-order valence-electron chi connectivity index (χ0n) is 11.6. The summed E-state index contributed by atoms with van der Waals surface area (Å²) < 4.78 is 10.7. The van der Waals surface area contributed by atoms with Crippen LogP contribution in [-0.2, 0) is 9.47 Å². The number of likely N-dealkylation sites (N-methyl/N-ethyl adjacent to an activating group) is 2. The molecule has 0 aromatic rings. The fourth-order valence-electron chi connectivity index (χ4n) is 2.51. The molecule has 1 saturated heterocycles. The molecule has 4 heteroatoms. The topological polar surface area (TPSA) is 33.7 Å². The number of methoxy groups -OCH3 is 1. The lowest BCUT2D eigenvalue weighted by Gasteiger charge is -2.29. The van der Waals surface area contributed by atoms with Crippen molar-refractivity contribution in [1.29, 1.82) is 0 Å². The van der Waals surface area contributed by atoms with Gasteiger partial charge < -0.3 is 19.7 Å². The van der Waals surface area contributed by atoms with Gasteiger partial charge in [-0.2, -0.15) is 0 Å². The predicted octanol–water partition coefficient (Wildman–Crippen LogP) is 0.969. The first-order valence-corrected chi connectivity index (χ1v) is 6.74. The van der Waals surface area contributed by atoms with Crippen LogP contribution in [0.4, 0.5) is 0 Å².